The third-order valence-electron chi connectivity index (χ3n) is 3.12. The molecule has 110 valence electrons. The van der Waals surface area contributed by atoms with Crippen molar-refractivity contribution >= 4 is 28.4 Å². The van der Waals surface area contributed by atoms with Crippen molar-refractivity contribution in [2.24, 2.45) is 5.16 Å². The molecule has 0 radical (unpaired) electrons. The minimum Gasteiger partial charge on any atom is -0.410 e. The lowest BCUT2D eigenvalue weighted by molar-refractivity contribution is 0.0381. The van der Waals surface area contributed by atoms with E-state index in [4.69, 9.17) is 21.5 Å². The van der Waals surface area contributed by atoms with E-state index >= 15 is 0 Å². The van der Waals surface area contributed by atoms with E-state index in [1.807, 2.05) is 24.3 Å². The normalized spacial score (nSPS) is 17.4. The third kappa shape index (κ3) is 4.98. The predicted molar refractivity (Wildman–Crippen MR) is 84.1 cm³/mol. The standard InChI is InChI=1S/C14H19ClN2O2S/c15-13-4-1-3-12(11-13)14(16-18)20-10-2-5-17-6-8-19-9-7-17/h1,3-4,11,18H,2,5-10H2/b16-14+. The zero-order valence-corrected chi connectivity index (χ0v) is 12.9. The summed E-state index contributed by atoms with van der Waals surface area (Å²) in [5.74, 6) is 0.920. The van der Waals surface area contributed by atoms with Crippen molar-refractivity contribution in [1.29, 1.82) is 0 Å². The van der Waals surface area contributed by atoms with Gasteiger partial charge in [0.05, 0.1) is 13.2 Å². The van der Waals surface area contributed by atoms with Crippen LogP contribution in [0.1, 0.15) is 12.0 Å². The van der Waals surface area contributed by atoms with Crippen LogP contribution in [0, 0.1) is 0 Å². The number of morpholine rings is 1. The van der Waals surface area contributed by atoms with Crippen LogP contribution < -0.4 is 0 Å². The van der Waals surface area contributed by atoms with Gasteiger partial charge in [-0.25, -0.2) is 0 Å². The number of hydrogen-bond donors (Lipinski definition) is 1. The van der Waals surface area contributed by atoms with E-state index < -0.39 is 0 Å². The Morgan fingerprint density at radius 1 is 1.40 bits per heavy atom. The fraction of sp³-hybridized carbons (Fsp3) is 0.500. The van der Waals surface area contributed by atoms with Crippen molar-refractivity contribution in [2.45, 2.75) is 6.42 Å². The van der Waals surface area contributed by atoms with Crippen molar-refractivity contribution in [3.05, 3.63) is 34.9 Å². The van der Waals surface area contributed by atoms with E-state index in [1.54, 1.807) is 11.8 Å². The SMILES string of the molecule is O/N=C(/SCCCN1CCOCC1)c1cccc(Cl)c1. The van der Waals surface area contributed by atoms with Gasteiger partial charge in [-0.15, -0.1) is 11.8 Å². The summed E-state index contributed by atoms with van der Waals surface area (Å²) in [5, 5.41) is 13.8. The quantitative estimate of drug-likeness (QED) is 0.298. The first kappa shape index (κ1) is 15.6. The van der Waals surface area contributed by atoms with E-state index in [9.17, 15) is 0 Å². The summed E-state index contributed by atoms with van der Waals surface area (Å²) in [6, 6.07) is 7.38. The van der Waals surface area contributed by atoms with Gasteiger partial charge in [0.1, 0.15) is 5.04 Å². The summed E-state index contributed by atoms with van der Waals surface area (Å²) in [7, 11) is 0. The van der Waals surface area contributed by atoms with E-state index in [-0.39, 0.29) is 0 Å². The Kier molecular flexibility index (Phi) is 6.66. The Hall–Kier alpha value is -0.750. The van der Waals surface area contributed by atoms with E-state index in [0.29, 0.717) is 10.1 Å². The van der Waals surface area contributed by atoms with Crippen LogP contribution in [0.5, 0.6) is 0 Å². The molecule has 0 bridgehead atoms. The van der Waals surface area contributed by atoms with Gasteiger partial charge in [-0.05, 0) is 25.1 Å². The van der Waals surface area contributed by atoms with Crippen LogP contribution in [0.2, 0.25) is 5.02 Å². The Morgan fingerprint density at radius 2 is 2.20 bits per heavy atom. The highest BCUT2D eigenvalue weighted by Crippen LogP contribution is 2.18. The van der Waals surface area contributed by atoms with Crippen LogP contribution in [-0.4, -0.2) is 53.8 Å². The van der Waals surface area contributed by atoms with Gasteiger partial charge in [0.25, 0.3) is 0 Å². The second-order valence-corrected chi connectivity index (χ2v) is 6.09. The molecule has 6 heteroatoms. The number of nitrogens with zero attached hydrogens (tertiary/aromatic N) is 2. The van der Waals surface area contributed by atoms with Crippen LogP contribution in [0.4, 0.5) is 0 Å². The summed E-state index contributed by atoms with van der Waals surface area (Å²) in [4.78, 5) is 2.40. The van der Waals surface area contributed by atoms with Crippen LogP contribution >= 0.6 is 23.4 Å². The lowest BCUT2D eigenvalue weighted by Crippen LogP contribution is -2.37. The molecule has 4 nitrogen and oxygen atoms in total. The van der Waals surface area contributed by atoms with Gasteiger partial charge in [0.2, 0.25) is 0 Å². The van der Waals surface area contributed by atoms with Crippen molar-refractivity contribution in [3.63, 3.8) is 0 Å². The number of rotatable bonds is 5. The molecular weight excluding hydrogens is 296 g/mol. The molecule has 1 aliphatic heterocycles. The number of benzene rings is 1. The largest absolute Gasteiger partial charge is 0.410 e. The maximum atomic E-state index is 9.12. The van der Waals surface area contributed by atoms with Gasteiger partial charge in [0, 0.05) is 29.4 Å². The Morgan fingerprint density at radius 3 is 2.90 bits per heavy atom. The molecule has 0 atom stereocenters. The van der Waals surface area contributed by atoms with Gasteiger partial charge in [-0.3, -0.25) is 4.90 Å². The minimum absolute atomic E-state index is 0.620. The highest BCUT2D eigenvalue weighted by Gasteiger charge is 2.10. The zero-order chi connectivity index (χ0) is 14.2. The Labute approximate surface area is 128 Å². The average Bonchev–Trinajstić information content (AvgIpc) is 2.48. The van der Waals surface area contributed by atoms with Crippen LogP contribution in [-0.2, 0) is 4.74 Å². The molecule has 0 unspecified atom stereocenters. The first-order valence-electron chi connectivity index (χ1n) is 6.70. The molecule has 0 spiro atoms. The molecule has 0 aromatic heterocycles. The highest BCUT2D eigenvalue weighted by molar-refractivity contribution is 8.14. The summed E-state index contributed by atoms with van der Waals surface area (Å²) in [5.41, 5.74) is 0.858. The monoisotopic (exact) mass is 314 g/mol. The van der Waals surface area contributed by atoms with E-state index in [1.165, 1.54) is 0 Å². The molecule has 1 aliphatic rings. The molecule has 1 saturated heterocycles. The second kappa shape index (κ2) is 8.52. The maximum absolute atomic E-state index is 9.12. The number of ether oxygens (including phenoxy) is 1. The smallest absolute Gasteiger partial charge is 0.143 e. The predicted octanol–water partition coefficient (Wildman–Crippen LogP) is 2.93. The topological polar surface area (TPSA) is 45.1 Å². The zero-order valence-electron chi connectivity index (χ0n) is 11.3. The summed E-state index contributed by atoms with van der Waals surface area (Å²) in [6.07, 6.45) is 1.06. The highest BCUT2D eigenvalue weighted by atomic mass is 35.5. The number of hydrogen-bond acceptors (Lipinski definition) is 5. The number of halogens is 1. The molecule has 20 heavy (non-hydrogen) atoms. The Bertz CT molecular complexity index is 451. The molecule has 0 amide bonds. The van der Waals surface area contributed by atoms with Crippen molar-refractivity contribution in [1.82, 2.24) is 4.90 Å². The minimum atomic E-state index is 0.620. The van der Waals surface area contributed by atoms with Crippen molar-refractivity contribution < 1.29 is 9.94 Å². The van der Waals surface area contributed by atoms with E-state index in [0.717, 1.165) is 50.6 Å². The van der Waals surface area contributed by atoms with Gasteiger partial charge in [-0.1, -0.05) is 28.9 Å². The molecular formula is C14H19ClN2O2S. The van der Waals surface area contributed by atoms with Gasteiger partial charge in [0.15, 0.2) is 0 Å². The van der Waals surface area contributed by atoms with Crippen molar-refractivity contribution in [2.75, 3.05) is 38.6 Å². The number of oxime groups is 1. The van der Waals surface area contributed by atoms with Crippen molar-refractivity contribution in [3.8, 4) is 0 Å². The maximum Gasteiger partial charge on any atom is 0.143 e. The molecule has 1 aromatic carbocycles. The second-order valence-electron chi connectivity index (χ2n) is 4.57. The first-order valence-corrected chi connectivity index (χ1v) is 8.07. The third-order valence-corrected chi connectivity index (χ3v) is 4.44. The Balaban J connectivity index is 1.74. The van der Waals surface area contributed by atoms with E-state index in [2.05, 4.69) is 10.1 Å². The van der Waals surface area contributed by atoms with Gasteiger partial charge >= 0.3 is 0 Å². The van der Waals surface area contributed by atoms with Gasteiger partial charge < -0.3 is 9.94 Å². The first-order chi connectivity index (χ1) is 9.79. The number of thioether (sulfide) groups is 1. The molecule has 1 aromatic rings. The molecule has 0 saturated carbocycles. The molecule has 1 heterocycles. The molecule has 1 N–H and O–H groups in total. The molecule has 2 rings (SSSR count). The molecule has 0 aliphatic carbocycles. The lowest BCUT2D eigenvalue weighted by atomic mass is 10.2. The van der Waals surface area contributed by atoms with Crippen LogP contribution in [0.15, 0.2) is 29.4 Å². The summed E-state index contributed by atoms with van der Waals surface area (Å²) in [6.45, 7) is 4.75. The van der Waals surface area contributed by atoms with Crippen LogP contribution in [0.3, 0.4) is 0 Å². The summed E-state index contributed by atoms with van der Waals surface area (Å²) >= 11 is 7.50. The molecule has 1 fully saturated rings. The summed E-state index contributed by atoms with van der Waals surface area (Å²) < 4.78 is 5.32. The lowest BCUT2D eigenvalue weighted by Gasteiger charge is -2.26. The average molecular weight is 315 g/mol. The fourth-order valence-electron chi connectivity index (χ4n) is 2.07. The fourth-order valence-corrected chi connectivity index (χ4v) is 3.08. The van der Waals surface area contributed by atoms with Gasteiger partial charge in [-0.2, -0.15) is 0 Å². The van der Waals surface area contributed by atoms with Crippen LogP contribution in [0.25, 0.3) is 0 Å².